The third kappa shape index (κ3) is 5.31. The molecule has 0 aromatic heterocycles. The molecule has 7 nitrogen and oxygen atoms in total. The van der Waals surface area contributed by atoms with Crippen LogP contribution in [0.4, 0.5) is 4.79 Å². The van der Waals surface area contributed by atoms with Gasteiger partial charge in [-0.15, -0.1) is 0 Å². The van der Waals surface area contributed by atoms with E-state index in [4.69, 9.17) is 21.1 Å². The second-order valence-electron chi connectivity index (χ2n) is 8.82. The Kier molecular flexibility index (Phi) is 7.39. The number of nitrogens with zero attached hydrogens (tertiary/aromatic N) is 2. The Bertz CT molecular complexity index is 1410. The molecular weight excluding hydrogens is 512 g/mol. The monoisotopic (exact) mass is 536 g/mol. The Hall–Kier alpha value is -3.49. The van der Waals surface area contributed by atoms with E-state index in [9.17, 15) is 14.4 Å². The van der Waals surface area contributed by atoms with Gasteiger partial charge in [-0.05, 0) is 64.7 Å². The van der Waals surface area contributed by atoms with Gasteiger partial charge in [0.05, 0.1) is 17.0 Å². The maximum Gasteiger partial charge on any atom is 0.294 e. The van der Waals surface area contributed by atoms with Crippen LogP contribution in [-0.4, -0.2) is 53.6 Å². The molecule has 3 aromatic carbocycles. The third-order valence-electron chi connectivity index (χ3n) is 6.43. The Labute approximate surface area is 224 Å². The van der Waals surface area contributed by atoms with Crippen LogP contribution in [0.2, 0.25) is 5.02 Å². The van der Waals surface area contributed by atoms with Crippen molar-refractivity contribution in [1.29, 1.82) is 0 Å². The first-order valence-corrected chi connectivity index (χ1v) is 13.1. The summed E-state index contributed by atoms with van der Waals surface area (Å²) in [6.45, 7) is 1.38. The minimum atomic E-state index is -0.492. The lowest BCUT2D eigenvalue weighted by atomic mass is 10.1. The molecular formula is C28H25ClN2O5S. The van der Waals surface area contributed by atoms with Gasteiger partial charge in [-0.3, -0.25) is 19.3 Å². The number of amides is 3. The Morgan fingerprint density at radius 1 is 1.08 bits per heavy atom. The average molecular weight is 537 g/mol. The fraction of sp³-hybridized carbons (Fsp3) is 0.250. The number of carbonyl (C=O) groups excluding carboxylic acids is 3. The lowest BCUT2D eigenvalue weighted by molar-refractivity contribution is -0.135. The van der Waals surface area contributed by atoms with Crippen molar-refractivity contribution in [3.8, 4) is 11.5 Å². The third-order valence-corrected chi connectivity index (χ3v) is 7.62. The van der Waals surface area contributed by atoms with E-state index in [0.717, 1.165) is 45.8 Å². The molecule has 0 aliphatic carbocycles. The van der Waals surface area contributed by atoms with E-state index in [2.05, 4.69) is 0 Å². The normalized spacial score (nSPS) is 16.8. The zero-order chi connectivity index (χ0) is 25.9. The zero-order valence-corrected chi connectivity index (χ0v) is 21.8. The number of benzene rings is 3. The summed E-state index contributed by atoms with van der Waals surface area (Å²) in [5.41, 5.74) is 1.59. The van der Waals surface area contributed by atoms with Crippen molar-refractivity contribution in [2.24, 2.45) is 0 Å². The highest BCUT2D eigenvalue weighted by Crippen LogP contribution is 2.39. The van der Waals surface area contributed by atoms with Crippen molar-refractivity contribution in [2.45, 2.75) is 19.4 Å². The molecule has 0 unspecified atom stereocenters. The number of thioether (sulfide) groups is 1. The number of carbonyl (C=O) groups is 3. The quantitative estimate of drug-likeness (QED) is 0.358. The summed E-state index contributed by atoms with van der Waals surface area (Å²) >= 11 is 7.37. The fourth-order valence-corrected chi connectivity index (χ4v) is 5.63. The minimum Gasteiger partial charge on any atom is -0.493 e. The van der Waals surface area contributed by atoms with Crippen LogP contribution in [0.3, 0.4) is 0 Å². The molecule has 2 aliphatic rings. The van der Waals surface area contributed by atoms with Gasteiger partial charge in [0.2, 0.25) is 5.91 Å². The first-order valence-electron chi connectivity index (χ1n) is 11.9. The second kappa shape index (κ2) is 10.9. The molecule has 0 bridgehead atoms. The number of ether oxygens (including phenoxy) is 2. The summed E-state index contributed by atoms with van der Waals surface area (Å²) in [7, 11) is 1.51. The van der Waals surface area contributed by atoms with Gasteiger partial charge in [0.25, 0.3) is 11.1 Å². The molecule has 0 spiro atoms. The number of rotatable bonds is 7. The van der Waals surface area contributed by atoms with Crippen molar-refractivity contribution in [3.05, 3.63) is 75.7 Å². The first-order chi connectivity index (χ1) is 17.9. The van der Waals surface area contributed by atoms with Crippen LogP contribution in [0.15, 0.2) is 59.5 Å². The maximum absolute atomic E-state index is 12.9. The minimum absolute atomic E-state index is 0.210. The summed E-state index contributed by atoms with van der Waals surface area (Å²) in [6.07, 6.45) is 3.46. The number of hydrogen-bond donors (Lipinski definition) is 0. The number of hydrogen-bond acceptors (Lipinski definition) is 6. The molecule has 37 heavy (non-hydrogen) atoms. The maximum atomic E-state index is 12.9. The lowest BCUT2D eigenvalue weighted by Crippen LogP contribution is -2.40. The first kappa shape index (κ1) is 25.2. The summed E-state index contributed by atoms with van der Waals surface area (Å²) in [5, 5.41) is 2.06. The van der Waals surface area contributed by atoms with Crippen LogP contribution in [-0.2, 0) is 16.2 Å². The van der Waals surface area contributed by atoms with Crippen molar-refractivity contribution in [2.75, 3.05) is 26.7 Å². The molecule has 3 amide bonds. The van der Waals surface area contributed by atoms with Crippen molar-refractivity contribution >= 4 is 57.3 Å². The summed E-state index contributed by atoms with van der Waals surface area (Å²) in [4.78, 5) is 40.8. The number of likely N-dealkylation sites (tertiary alicyclic amines) is 1. The number of imide groups is 1. The molecule has 3 aromatic rings. The molecule has 0 atom stereocenters. The number of halogens is 1. The Morgan fingerprint density at radius 3 is 2.62 bits per heavy atom. The topological polar surface area (TPSA) is 76.2 Å². The van der Waals surface area contributed by atoms with Crippen LogP contribution >= 0.6 is 23.4 Å². The van der Waals surface area contributed by atoms with Gasteiger partial charge >= 0.3 is 0 Å². The van der Waals surface area contributed by atoms with Crippen LogP contribution in [0.1, 0.15) is 24.0 Å². The van der Waals surface area contributed by atoms with Crippen LogP contribution in [0.5, 0.6) is 11.5 Å². The van der Waals surface area contributed by atoms with Gasteiger partial charge in [0.1, 0.15) is 13.2 Å². The van der Waals surface area contributed by atoms with Gasteiger partial charge in [-0.1, -0.05) is 54.1 Å². The highest BCUT2D eigenvalue weighted by atomic mass is 35.5. The SMILES string of the molecule is COc1cc(/C=C2/SC(=O)N(CC(=O)N3CCCC3)C2=O)cc(Cl)c1OCc1cccc2ccccc12. The predicted octanol–water partition coefficient (Wildman–Crippen LogP) is 5.74. The van der Waals surface area contributed by atoms with Crippen molar-refractivity contribution in [3.63, 3.8) is 0 Å². The van der Waals surface area contributed by atoms with E-state index >= 15 is 0 Å². The van der Waals surface area contributed by atoms with E-state index < -0.39 is 11.1 Å². The van der Waals surface area contributed by atoms with E-state index in [1.165, 1.54) is 7.11 Å². The van der Waals surface area contributed by atoms with Gasteiger partial charge in [-0.25, -0.2) is 0 Å². The smallest absolute Gasteiger partial charge is 0.294 e. The highest BCUT2D eigenvalue weighted by Gasteiger charge is 2.37. The molecule has 9 heteroatoms. The molecule has 5 rings (SSSR count). The average Bonchev–Trinajstić information content (AvgIpc) is 3.53. The molecule has 2 heterocycles. The molecule has 2 aliphatic heterocycles. The Balaban J connectivity index is 1.33. The largest absolute Gasteiger partial charge is 0.493 e. The van der Waals surface area contributed by atoms with Gasteiger partial charge in [0.15, 0.2) is 11.5 Å². The molecule has 0 N–H and O–H groups in total. The van der Waals surface area contributed by atoms with Gasteiger partial charge < -0.3 is 14.4 Å². The van der Waals surface area contributed by atoms with E-state index in [1.807, 2.05) is 42.5 Å². The molecule has 2 fully saturated rings. The fourth-order valence-electron chi connectivity index (χ4n) is 4.52. The van der Waals surface area contributed by atoms with Gasteiger partial charge in [0, 0.05) is 13.1 Å². The molecule has 0 radical (unpaired) electrons. The van der Waals surface area contributed by atoms with E-state index in [-0.39, 0.29) is 17.4 Å². The highest BCUT2D eigenvalue weighted by molar-refractivity contribution is 8.18. The van der Waals surface area contributed by atoms with Crippen LogP contribution in [0.25, 0.3) is 16.8 Å². The summed E-state index contributed by atoms with van der Waals surface area (Å²) in [5.74, 6) is 0.0911. The lowest BCUT2D eigenvalue weighted by Gasteiger charge is -2.18. The number of methoxy groups -OCH3 is 1. The van der Waals surface area contributed by atoms with E-state index in [0.29, 0.717) is 41.8 Å². The predicted molar refractivity (Wildman–Crippen MR) is 145 cm³/mol. The standard InChI is InChI=1S/C28H25ClN2O5S/c1-35-23-14-18(15-24-27(33)31(28(34)37-24)16-25(32)30-11-4-5-12-30)13-22(29)26(23)36-17-20-9-6-8-19-7-2-3-10-21(19)20/h2-3,6-10,13-15H,4-5,11-12,16-17H2,1H3/b24-15+. The van der Waals surface area contributed by atoms with Gasteiger partial charge in [-0.2, -0.15) is 0 Å². The van der Waals surface area contributed by atoms with Crippen molar-refractivity contribution < 1.29 is 23.9 Å². The Morgan fingerprint density at radius 2 is 1.84 bits per heavy atom. The van der Waals surface area contributed by atoms with E-state index in [1.54, 1.807) is 23.1 Å². The molecule has 190 valence electrons. The van der Waals surface area contributed by atoms with Crippen LogP contribution < -0.4 is 9.47 Å². The summed E-state index contributed by atoms with van der Waals surface area (Å²) in [6, 6.07) is 17.5. The second-order valence-corrected chi connectivity index (χ2v) is 10.2. The molecule has 0 saturated carbocycles. The van der Waals surface area contributed by atoms with Crippen LogP contribution in [0, 0.1) is 0 Å². The summed E-state index contributed by atoms with van der Waals surface area (Å²) < 4.78 is 11.6. The zero-order valence-electron chi connectivity index (χ0n) is 20.2. The molecule has 2 saturated heterocycles. The number of fused-ring (bicyclic) bond motifs is 1. The van der Waals surface area contributed by atoms with Crippen molar-refractivity contribution in [1.82, 2.24) is 9.80 Å².